The van der Waals surface area contributed by atoms with E-state index >= 15 is 0 Å². The Hall–Kier alpha value is -0.423. The summed E-state index contributed by atoms with van der Waals surface area (Å²) in [5, 5.41) is 1.24. The highest BCUT2D eigenvalue weighted by molar-refractivity contribution is 9.09. The van der Waals surface area contributed by atoms with Crippen LogP contribution >= 0.6 is 15.9 Å². The molecule has 0 saturated carbocycles. The van der Waals surface area contributed by atoms with E-state index in [2.05, 4.69) is 107 Å². The van der Waals surface area contributed by atoms with Gasteiger partial charge in [0.1, 0.15) is 0 Å². The highest BCUT2D eigenvalue weighted by Gasteiger charge is 2.37. The lowest BCUT2D eigenvalue weighted by molar-refractivity contribution is -0.00877. The average Bonchev–Trinajstić information content (AvgIpc) is 2.73. The van der Waals surface area contributed by atoms with Gasteiger partial charge in [-0.2, -0.15) is 0 Å². The van der Waals surface area contributed by atoms with E-state index in [0.717, 1.165) is 24.8 Å². The summed E-state index contributed by atoms with van der Waals surface area (Å²) in [7, 11) is -1.69. The van der Waals surface area contributed by atoms with Crippen LogP contribution in [0.5, 0.6) is 0 Å². The van der Waals surface area contributed by atoms with Gasteiger partial charge in [0.05, 0.1) is 12.7 Å². The van der Waals surface area contributed by atoms with E-state index in [9.17, 15) is 0 Å². The smallest absolute Gasteiger partial charge is 0.191 e. The number of ether oxygens (including phenoxy) is 1. The molecule has 0 bridgehead atoms. The molecular formula is C28H49BrO2Si. The largest absolute Gasteiger partial charge is 0.417 e. The van der Waals surface area contributed by atoms with Crippen LogP contribution in [0.15, 0.2) is 42.0 Å². The fourth-order valence-corrected chi connectivity index (χ4v) is 4.76. The number of hydrogen-bond acceptors (Lipinski definition) is 2. The second kappa shape index (κ2) is 14.8. The van der Waals surface area contributed by atoms with Crippen LogP contribution in [0.2, 0.25) is 18.1 Å². The zero-order valence-corrected chi connectivity index (χ0v) is 24.6. The Balaban J connectivity index is 2.62. The predicted octanol–water partition coefficient (Wildman–Crippen LogP) is 9.16. The van der Waals surface area contributed by atoms with E-state index in [0.29, 0.717) is 18.4 Å². The van der Waals surface area contributed by atoms with Gasteiger partial charge in [0, 0.05) is 11.9 Å². The number of rotatable bonds is 15. The summed E-state index contributed by atoms with van der Waals surface area (Å²) in [6, 6.07) is 10.6. The molecular weight excluding hydrogens is 476 g/mol. The number of hydrogen-bond donors (Lipinski definition) is 0. The minimum absolute atomic E-state index is 0.260. The maximum Gasteiger partial charge on any atom is 0.191 e. The molecule has 0 radical (unpaired) electrons. The quantitative estimate of drug-likeness (QED) is 0.129. The maximum absolute atomic E-state index is 6.49. The second-order valence-electron chi connectivity index (χ2n) is 11.2. The van der Waals surface area contributed by atoms with Crippen molar-refractivity contribution < 1.29 is 9.16 Å². The van der Waals surface area contributed by atoms with Crippen LogP contribution in [-0.4, -0.2) is 26.4 Å². The van der Waals surface area contributed by atoms with Crippen LogP contribution in [0, 0.1) is 11.8 Å². The Morgan fingerprint density at radius 3 is 2.28 bits per heavy atom. The van der Waals surface area contributed by atoms with Gasteiger partial charge in [0.25, 0.3) is 0 Å². The lowest BCUT2D eigenvalue weighted by atomic mass is 9.91. The number of benzene rings is 1. The number of halogens is 1. The summed E-state index contributed by atoms with van der Waals surface area (Å²) >= 11 is 3.54. The van der Waals surface area contributed by atoms with E-state index < -0.39 is 8.32 Å². The van der Waals surface area contributed by atoms with Gasteiger partial charge in [0.15, 0.2) is 8.32 Å². The monoisotopic (exact) mass is 524 g/mol. The van der Waals surface area contributed by atoms with Crippen molar-refractivity contribution in [2.75, 3.05) is 11.9 Å². The molecule has 184 valence electrons. The molecule has 0 spiro atoms. The molecule has 1 unspecified atom stereocenters. The molecule has 0 aliphatic rings. The topological polar surface area (TPSA) is 18.5 Å². The fourth-order valence-electron chi connectivity index (χ4n) is 3.47. The third kappa shape index (κ3) is 11.6. The Kier molecular flexibility index (Phi) is 13.7. The number of allylic oxidation sites excluding steroid dienone is 2. The van der Waals surface area contributed by atoms with E-state index in [4.69, 9.17) is 9.16 Å². The van der Waals surface area contributed by atoms with Gasteiger partial charge in [-0.05, 0) is 74.6 Å². The van der Waals surface area contributed by atoms with Gasteiger partial charge in [-0.25, -0.2) is 0 Å². The van der Waals surface area contributed by atoms with Crippen molar-refractivity contribution in [2.24, 2.45) is 11.8 Å². The molecule has 1 aromatic rings. The zero-order chi connectivity index (χ0) is 24.2. The standard InChI is InChI=1S/C28H49BrO2Si/c1-23(13-12-14-24(2)21-29)17-18-27(30-22-26-15-10-9-11-16-26)25(3)19-20-31-32(7,8)28(4,5)6/h9-11,14-16,23,25,27H,12-13,17-22H2,1-8H3/b24-14+/t23-,25-,27?/m1/s1. The van der Waals surface area contributed by atoms with Gasteiger partial charge in [-0.1, -0.05) is 92.5 Å². The molecule has 1 rings (SSSR count). The molecule has 0 heterocycles. The van der Waals surface area contributed by atoms with Crippen molar-refractivity contribution in [3.05, 3.63) is 47.5 Å². The molecule has 2 nitrogen and oxygen atoms in total. The van der Waals surface area contributed by atoms with Gasteiger partial charge >= 0.3 is 0 Å². The summed E-state index contributed by atoms with van der Waals surface area (Å²) in [5.74, 6) is 1.21. The minimum Gasteiger partial charge on any atom is -0.417 e. The fraction of sp³-hybridized carbons (Fsp3) is 0.714. The van der Waals surface area contributed by atoms with Crippen LogP contribution in [0.3, 0.4) is 0 Å². The molecule has 0 saturated heterocycles. The Labute approximate surface area is 208 Å². The van der Waals surface area contributed by atoms with Crippen molar-refractivity contribution >= 4 is 24.2 Å². The first-order valence-corrected chi connectivity index (χ1v) is 16.5. The summed E-state index contributed by atoms with van der Waals surface area (Å²) in [5.41, 5.74) is 2.68. The van der Waals surface area contributed by atoms with Crippen molar-refractivity contribution in [2.45, 2.75) is 104 Å². The molecule has 3 atom stereocenters. The van der Waals surface area contributed by atoms with Crippen LogP contribution in [0.1, 0.15) is 79.2 Å². The van der Waals surface area contributed by atoms with E-state index in [1.807, 2.05) is 0 Å². The Bertz CT molecular complexity index is 651. The second-order valence-corrected chi connectivity index (χ2v) is 16.5. The van der Waals surface area contributed by atoms with Gasteiger partial charge in [0.2, 0.25) is 0 Å². The predicted molar refractivity (Wildman–Crippen MR) is 147 cm³/mol. The molecule has 0 amide bonds. The SMILES string of the molecule is C/C(=C\CC[C@@H](C)CCC(OCc1ccccc1)[C@H](C)CCO[Si](C)(C)C(C)(C)C)CBr. The first-order chi connectivity index (χ1) is 15.0. The van der Waals surface area contributed by atoms with Gasteiger partial charge in [-0.3, -0.25) is 0 Å². The van der Waals surface area contributed by atoms with Crippen molar-refractivity contribution in [3.63, 3.8) is 0 Å². The number of alkyl halides is 1. The molecule has 0 aliphatic heterocycles. The molecule has 0 aromatic heterocycles. The van der Waals surface area contributed by atoms with Crippen molar-refractivity contribution in [1.82, 2.24) is 0 Å². The van der Waals surface area contributed by atoms with Crippen LogP contribution < -0.4 is 0 Å². The summed E-state index contributed by atoms with van der Waals surface area (Å²) in [6.07, 6.45) is 8.47. The molecule has 4 heteroatoms. The van der Waals surface area contributed by atoms with Gasteiger partial charge in [-0.15, -0.1) is 0 Å². The lowest BCUT2D eigenvalue weighted by Gasteiger charge is -2.36. The molecule has 0 N–H and O–H groups in total. The molecule has 0 aliphatic carbocycles. The van der Waals surface area contributed by atoms with E-state index in [1.165, 1.54) is 30.4 Å². The van der Waals surface area contributed by atoms with Crippen LogP contribution in [-0.2, 0) is 15.8 Å². The zero-order valence-electron chi connectivity index (χ0n) is 22.0. The average molecular weight is 526 g/mol. The summed E-state index contributed by atoms with van der Waals surface area (Å²) in [4.78, 5) is 0. The van der Waals surface area contributed by atoms with Crippen LogP contribution in [0.4, 0.5) is 0 Å². The Morgan fingerprint density at radius 2 is 1.69 bits per heavy atom. The van der Waals surface area contributed by atoms with E-state index in [1.54, 1.807) is 0 Å². The van der Waals surface area contributed by atoms with Gasteiger partial charge < -0.3 is 9.16 Å². The Morgan fingerprint density at radius 1 is 1.03 bits per heavy atom. The lowest BCUT2D eigenvalue weighted by Crippen LogP contribution is -2.41. The first-order valence-electron chi connectivity index (χ1n) is 12.5. The van der Waals surface area contributed by atoms with Crippen molar-refractivity contribution in [3.8, 4) is 0 Å². The third-order valence-electron chi connectivity index (χ3n) is 7.09. The summed E-state index contributed by atoms with van der Waals surface area (Å²) < 4.78 is 13.0. The minimum atomic E-state index is -1.69. The normalized spacial score (nSPS) is 16.1. The maximum atomic E-state index is 6.49. The molecule has 1 aromatic carbocycles. The summed E-state index contributed by atoms with van der Waals surface area (Å²) in [6.45, 7) is 20.1. The highest BCUT2D eigenvalue weighted by Crippen LogP contribution is 2.37. The third-order valence-corrected chi connectivity index (χ3v) is 12.5. The highest BCUT2D eigenvalue weighted by atomic mass is 79.9. The molecule has 32 heavy (non-hydrogen) atoms. The first kappa shape index (κ1) is 29.6. The molecule has 0 fully saturated rings. The van der Waals surface area contributed by atoms with Crippen LogP contribution in [0.25, 0.3) is 0 Å². The van der Waals surface area contributed by atoms with Crippen molar-refractivity contribution in [1.29, 1.82) is 0 Å². The van der Waals surface area contributed by atoms with E-state index in [-0.39, 0.29) is 11.1 Å².